The fourth-order valence-electron chi connectivity index (χ4n) is 0.398. The van der Waals surface area contributed by atoms with Crippen LogP contribution in [0.4, 0.5) is 0 Å². The standard InChI is InChI=1S/C5H13O2PS2.K/c1-3-5-10-8(6,9)7-4-2;/h3-5H2,1-2H3,(H,6,9);/q;+1/p-1. The zero-order valence-electron chi connectivity index (χ0n) is 7.20. The summed E-state index contributed by atoms with van der Waals surface area (Å²) in [6, 6.07) is 0. The number of hydrogen-bond donors (Lipinski definition) is 0. The van der Waals surface area contributed by atoms with Gasteiger partial charge in [-0.1, -0.05) is 18.7 Å². The molecule has 1 unspecified atom stereocenters. The van der Waals surface area contributed by atoms with E-state index < -0.39 is 5.69 Å². The first-order valence-corrected chi connectivity index (χ1v) is 7.45. The molecule has 62 valence electrons. The minimum Gasteiger partial charge on any atom is -0.793 e. The molecular weight excluding hydrogens is 226 g/mol. The van der Waals surface area contributed by atoms with Crippen molar-refractivity contribution in [3.8, 4) is 0 Å². The first-order valence-electron chi connectivity index (χ1n) is 3.22. The van der Waals surface area contributed by atoms with Gasteiger partial charge < -0.3 is 9.42 Å². The second-order valence-electron chi connectivity index (χ2n) is 1.70. The molecule has 0 bridgehead atoms. The first kappa shape index (κ1) is 16.0. The summed E-state index contributed by atoms with van der Waals surface area (Å²) in [4.78, 5) is 11.1. The van der Waals surface area contributed by atoms with Crippen molar-refractivity contribution < 1.29 is 60.8 Å². The molecule has 0 saturated carbocycles. The maximum absolute atomic E-state index is 11.1. The van der Waals surface area contributed by atoms with E-state index in [-0.39, 0.29) is 51.4 Å². The van der Waals surface area contributed by atoms with Gasteiger partial charge in [0.25, 0.3) is 0 Å². The molecule has 6 heteroatoms. The van der Waals surface area contributed by atoms with E-state index in [1.54, 1.807) is 6.92 Å². The van der Waals surface area contributed by atoms with Gasteiger partial charge in [0.1, 0.15) is 0 Å². The van der Waals surface area contributed by atoms with Crippen molar-refractivity contribution >= 4 is 28.9 Å². The third-order valence-corrected chi connectivity index (χ3v) is 5.30. The van der Waals surface area contributed by atoms with Crippen LogP contribution in [-0.4, -0.2) is 12.4 Å². The topological polar surface area (TPSA) is 32.3 Å². The third-order valence-electron chi connectivity index (χ3n) is 0.741. The van der Waals surface area contributed by atoms with Crippen LogP contribution in [0.5, 0.6) is 0 Å². The Morgan fingerprint density at radius 3 is 2.45 bits per heavy atom. The van der Waals surface area contributed by atoms with E-state index in [1.807, 2.05) is 6.92 Å². The van der Waals surface area contributed by atoms with Crippen LogP contribution in [0.2, 0.25) is 0 Å². The molecule has 0 radical (unpaired) electrons. The molecule has 0 saturated heterocycles. The molecule has 0 aliphatic rings. The van der Waals surface area contributed by atoms with Crippen molar-refractivity contribution in [2.45, 2.75) is 20.3 Å². The molecule has 0 aliphatic carbocycles. The maximum atomic E-state index is 11.1. The van der Waals surface area contributed by atoms with Gasteiger partial charge in [0.15, 0.2) is 0 Å². The van der Waals surface area contributed by atoms with E-state index in [9.17, 15) is 4.89 Å². The van der Waals surface area contributed by atoms with E-state index in [1.165, 1.54) is 11.4 Å². The predicted octanol–water partition coefficient (Wildman–Crippen LogP) is -1.25. The van der Waals surface area contributed by atoms with Crippen molar-refractivity contribution in [1.82, 2.24) is 0 Å². The van der Waals surface area contributed by atoms with Crippen molar-refractivity contribution in [2.24, 2.45) is 0 Å². The van der Waals surface area contributed by atoms with E-state index in [0.29, 0.717) is 6.61 Å². The van der Waals surface area contributed by atoms with Gasteiger partial charge in [-0.2, -0.15) is 0 Å². The van der Waals surface area contributed by atoms with Gasteiger partial charge in [0, 0.05) is 12.3 Å². The van der Waals surface area contributed by atoms with Crippen molar-refractivity contribution in [3.63, 3.8) is 0 Å². The average molecular weight is 238 g/mol. The van der Waals surface area contributed by atoms with Crippen LogP contribution in [-0.2, 0) is 16.3 Å². The van der Waals surface area contributed by atoms with Crippen LogP contribution < -0.4 is 56.3 Å². The van der Waals surface area contributed by atoms with E-state index in [4.69, 9.17) is 16.3 Å². The molecule has 1 atom stereocenters. The Balaban J connectivity index is 0. The SMILES string of the molecule is CCCSP([O-])(=S)OCC.[K+]. The molecule has 0 heterocycles. The fourth-order valence-corrected chi connectivity index (χ4v) is 3.94. The zero-order chi connectivity index (χ0) is 8.04. The zero-order valence-corrected chi connectivity index (χ0v) is 12.9. The van der Waals surface area contributed by atoms with Crippen molar-refractivity contribution in [3.05, 3.63) is 0 Å². The van der Waals surface area contributed by atoms with Crippen LogP contribution in [0.1, 0.15) is 20.3 Å². The van der Waals surface area contributed by atoms with Crippen LogP contribution in [0, 0.1) is 0 Å². The van der Waals surface area contributed by atoms with E-state index in [0.717, 1.165) is 12.2 Å². The molecule has 11 heavy (non-hydrogen) atoms. The summed E-state index contributed by atoms with van der Waals surface area (Å²) in [5.74, 6) is 0.820. The molecule has 0 fully saturated rings. The Kier molecular flexibility index (Phi) is 13.3. The fraction of sp³-hybridized carbons (Fsp3) is 1.00. The second kappa shape index (κ2) is 9.12. The Morgan fingerprint density at radius 1 is 1.55 bits per heavy atom. The molecule has 0 aromatic rings. The minimum atomic E-state index is -2.71. The van der Waals surface area contributed by atoms with Crippen molar-refractivity contribution in [2.75, 3.05) is 12.4 Å². The minimum absolute atomic E-state index is 0. The van der Waals surface area contributed by atoms with Gasteiger partial charge in [-0.15, -0.1) is 11.4 Å². The predicted molar refractivity (Wildman–Crippen MR) is 48.7 cm³/mol. The summed E-state index contributed by atoms with van der Waals surface area (Å²) < 4.78 is 4.86. The van der Waals surface area contributed by atoms with Crippen LogP contribution >= 0.6 is 17.1 Å². The van der Waals surface area contributed by atoms with Gasteiger partial charge >= 0.3 is 51.4 Å². The van der Waals surface area contributed by atoms with Gasteiger partial charge in [0.05, 0.1) is 0 Å². The Bertz CT molecular complexity index is 134. The first-order chi connectivity index (χ1) is 4.62. The largest absolute Gasteiger partial charge is 1.00 e. The van der Waals surface area contributed by atoms with Gasteiger partial charge in [-0.3, -0.25) is 0 Å². The summed E-state index contributed by atoms with van der Waals surface area (Å²) in [6.07, 6.45) is 0.984. The number of rotatable bonds is 5. The molecule has 2 nitrogen and oxygen atoms in total. The summed E-state index contributed by atoms with van der Waals surface area (Å²) in [7, 11) is 0. The summed E-state index contributed by atoms with van der Waals surface area (Å²) in [5.41, 5.74) is -2.71. The molecule has 0 aliphatic heterocycles. The normalized spacial score (nSPS) is 15.2. The molecule has 0 amide bonds. The third kappa shape index (κ3) is 10.5. The maximum Gasteiger partial charge on any atom is 1.00 e. The van der Waals surface area contributed by atoms with Gasteiger partial charge in [0.2, 0.25) is 0 Å². The Hall–Kier alpha value is 2.56. The molecular formula is C5H12KO2PS2. The molecule has 0 N–H and O–H groups in total. The average Bonchev–Trinajstić information content (AvgIpc) is 1.84. The van der Waals surface area contributed by atoms with Crippen molar-refractivity contribution in [1.29, 1.82) is 0 Å². The summed E-state index contributed by atoms with van der Waals surface area (Å²) in [5, 5.41) is 0. The van der Waals surface area contributed by atoms with Gasteiger partial charge in [-0.25, -0.2) is 0 Å². The molecule has 0 aromatic heterocycles. The van der Waals surface area contributed by atoms with Crippen LogP contribution in [0.15, 0.2) is 0 Å². The molecule has 0 rings (SSSR count). The second-order valence-corrected chi connectivity index (χ2v) is 7.87. The van der Waals surface area contributed by atoms with Crippen LogP contribution in [0.3, 0.4) is 0 Å². The van der Waals surface area contributed by atoms with E-state index >= 15 is 0 Å². The Labute approximate surface area is 120 Å². The monoisotopic (exact) mass is 238 g/mol. The molecule has 0 spiro atoms. The van der Waals surface area contributed by atoms with Gasteiger partial charge in [-0.05, 0) is 19.1 Å². The quantitative estimate of drug-likeness (QED) is 0.443. The summed E-state index contributed by atoms with van der Waals surface area (Å²) in [6.45, 7) is 4.26. The van der Waals surface area contributed by atoms with Crippen LogP contribution in [0.25, 0.3) is 0 Å². The smallest absolute Gasteiger partial charge is 0.793 e. The summed E-state index contributed by atoms with van der Waals surface area (Å²) >= 11 is 5.96. The van der Waals surface area contributed by atoms with E-state index in [2.05, 4.69) is 0 Å². The Morgan fingerprint density at radius 2 is 2.09 bits per heavy atom. The number of hydrogen-bond acceptors (Lipinski definition) is 4. The molecule has 0 aromatic carbocycles.